The van der Waals surface area contributed by atoms with Gasteiger partial charge in [0.25, 0.3) is 5.91 Å². The summed E-state index contributed by atoms with van der Waals surface area (Å²) in [6.07, 6.45) is 1.68. The van der Waals surface area contributed by atoms with Gasteiger partial charge in [0.2, 0.25) is 0 Å². The smallest absolute Gasteiger partial charge is 0.253 e. The van der Waals surface area contributed by atoms with Gasteiger partial charge in [0.15, 0.2) is 5.65 Å². The van der Waals surface area contributed by atoms with Crippen molar-refractivity contribution >= 4 is 22.8 Å². The van der Waals surface area contributed by atoms with Gasteiger partial charge in [-0.15, -0.1) is 0 Å². The predicted octanol–water partition coefficient (Wildman–Crippen LogP) is 4.67. The number of fused-ring (bicyclic) bond motifs is 1. The second-order valence-electron chi connectivity index (χ2n) is 9.59. The number of carbonyl (C=O) groups excluding carboxylic acids is 1. The number of benzene rings is 2. The topological polar surface area (TPSA) is 67.2 Å². The molecule has 1 aliphatic rings. The second-order valence-corrected chi connectivity index (χ2v) is 9.59. The third-order valence-electron chi connectivity index (χ3n) is 6.42. The van der Waals surface area contributed by atoms with Crippen molar-refractivity contribution in [2.75, 3.05) is 31.1 Å². The van der Waals surface area contributed by atoms with Gasteiger partial charge >= 0.3 is 0 Å². The molecule has 1 amide bonds. The van der Waals surface area contributed by atoms with E-state index in [1.54, 1.807) is 0 Å². The molecule has 0 bridgehead atoms. The molecule has 3 heterocycles. The van der Waals surface area contributed by atoms with E-state index in [0.717, 1.165) is 72.1 Å². The summed E-state index contributed by atoms with van der Waals surface area (Å²) in [5.74, 6) is 2.30. The highest BCUT2D eigenvalue weighted by Gasteiger charge is 2.25. The van der Waals surface area contributed by atoms with E-state index >= 15 is 0 Å². The quantitative estimate of drug-likeness (QED) is 0.426. The molecule has 0 atom stereocenters. The van der Waals surface area contributed by atoms with Crippen LogP contribution in [0, 0.1) is 12.8 Å². The number of aromatic nitrogens is 4. The van der Waals surface area contributed by atoms with Crippen LogP contribution in [0.4, 0.5) is 5.82 Å². The normalized spacial score (nSPS) is 14.5. The predicted molar refractivity (Wildman–Crippen MR) is 139 cm³/mol. The maximum Gasteiger partial charge on any atom is 0.253 e. The fourth-order valence-corrected chi connectivity index (χ4v) is 4.74. The SMILES string of the molecule is Cc1nn(-c2ccccc2)c2nc(CC(C)C)nc(N3CCCN(C(=O)c4ccccc4)CC3)c12. The number of rotatable bonds is 5. The molecular weight excluding hydrogens is 436 g/mol. The van der Waals surface area contributed by atoms with E-state index in [2.05, 4.69) is 30.9 Å². The number of amides is 1. The van der Waals surface area contributed by atoms with Gasteiger partial charge < -0.3 is 9.80 Å². The number of hydrogen-bond acceptors (Lipinski definition) is 5. The summed E-state index contributed by atoms with van der Waals surface area (Å²) in [6, 6.07) is 19.7. The average molecular weight is 469 g/mol. The van der Waals surface area contributed by atoms with Gasteiger partial charge in [-0.3, -0.25) is 4.79 Å². The molecule has 5 rings (SSSR count). The summed E-state index contributed by atoms with van der Waals surface area (Å²) in [5.41, 5.74) is 3.48. The van der Waals surface area contributed by atoms with Crippen LogP contribution < -0.4 is 4.90 Å². The summed E-state index contributed by atoms with van der Waals surface area (Å²) >= 11 is 0. The van der Waals surface area contributed by atoms with Crippen LogP contribution in [0.3, 0.4) is 0 Å². The fourth-order valence-electron chi connectivity index (χ4n) is 4.74. The third kappa shape index (κ3) is 4.76. The van der Waals surface area contributed by atoms with Gasteiger partial charge in [-0.25, -0.2) is 14.6 Å². The molecule has 2 aromatic carbocycles. The Morgan fingerprint density at radius 2 is 1.63 bits per heavy atom. The largest absolute Gasteiger partial charge is 0.354 e. The fraction of sp³-hybridized carbons (Fsp3) is 0.357. The Hall–Kier alpha value is -3.74. The van der Waals surface area contributed by atoms with E-state index < -0.39 is 0 Å². The monoisotopic (exact) mass is 468 g/mol. The molecule has 0 radical (unpaired) electrons. The molecule has 0 spiro atoms. The van der Waals surface area contributed by atoms with Crippen LogP contribution in [0.5, 0.6) is 0 Å². The highest BCUT2D eigenvalue weighted by atomic mass is 16.2. The van der Waals surface area contributed by atoms with Crippen LogP contribution in [0.15, 0.2) is 60.7 Å². The summed E-state index contributed by atoms with van der Waals surface area (Å²) in [7, 11) is 0. The van der Waals surface area contributed by atoms with E-state index in [0.29, 0.717) is 12.5 Å². The highest BCUT2D eigenvalue weighted by molar-refractivity contribution is 5.94. The second kappa shape index (κ2) is 9.86. The maximum atomic E-state index is 13.1. The zero-order valence-corrected chi connectivity index (χ0v) is 20.7. The van der Waals surface area contributed by atoms with Gasteiger partial charge in [-0.05, 0) is 43.5 Å². The van der Waals surface area contributed by atoms with Crippen molar-refractivity contribution in [1.29, 1.82) is 0 Å². The molecule has 7 nitrogen and oxygen atoms in total. The first kappa shape index (κ1) is 23.0. The molecule has 1 saturated heterocycles. The van der Waals surface area contributed by atoms with Crippen molar-refractivity contribution < 1.29 is 4.79 Å². The van der Waals surface area contributed by atoms with Crippen LogP contribution in [0.2, 0.25) is 0 Å². The van der Waals surface area contributed by atoms with Crippen molar-refractivity contribution in [3.8, 4) is 5.69 Å². The minimum atomic E-state index is 0.0915. The molecule has 0 unspecified atom stereocenters. The first-order valence-corrected chi connectivity index (χ1v) is 12.4. The Labute approximate surface area is 206 Å². The van der Waals surface area contributed by atoms with Crippen LogP contribution in [-0.4, -0.2) is 56.7 Å². The molecular formula is C28H32N6O. The number of hydrogen-bond donors (Lipinski definition) is 0. The van der Waals surface area contributed by atoms with Gasteiger partial charge in [0.05, 0.1) is 16.8 Å². The van der Waals surface area contributed by atoms with Crippen LogP contribution in [0.1, 0.15) is 42.1 Å². The van der Waals surface area contributed by atoms with Gasteiger partial charge in [0.1, 0.15) is 11.6 Å². The molecule has 4 aromatic rings. The minimum Gasteiger partial charge on any atom is -0.354 e. The van der Waals surface area contributed by atoms with Crippen molar-refractivity contribution in [2.45, 2.75) is 33.6 Å². The number of nitrogens with zero attached hydrogens (tertiary/aromatic N) is 6. The molecule has 35 heavy (non-hydrogen) atoms. The average Bonchev–Trinajstić information content (AvgIpc) is 3.04. The van der Waals surface area contributed by atoms with Gasteiger partial charge in [-0.1, -0.05) is 50.2 Å². The lowest BCUT2D eigenvalue weighted by Crippen LogP contribution is -2.35. The highest BCUT2D eigenvalue weighted by Crippen LogP contribution is 2.30. The van der Waals surface area contributed by atoms with Crippen LogP contribution >= 0.6 is 0 Å². The molecule has 180 valence electrons. The number of para-hydroxylation sites is 1. The lowest BCUT2D eigenvalue weighted by atomic mass is 10.1. The van der Waals surface area contributed by atoms with Crippen molar-refractivity contribution in [3.05, 3.63) is 77.7 Å². The first-order chi connectivity index (χ1) is 17.0. The zero-order chi connectivity index (χ0) is 24.4. The Morgan fingerprint density at radius 1 is 0.914 bits per heavy atom. The zero-order valence-electron chi connectivity index (χ0n) is 20.7. The van der Waals surface area contributed by atoms with Crippen molar-refractivity contribution in [3.63, 3.8) is 0 Å². The van der Waals surface area contributed by atoms with E-state index in [1.807, 2.05) is 65.0 Å². The van der Waals surface area contributed by atoms with E-state index in [-0.39, 0.29) is 5.91 Å². The molecule has 0 aliphatic carbocycles. The number of anilines is 1. The Kier molecular flexibility index (Phi) is 6.49. The van der Waals surface area contributed by atoms with Gasteiger partial charge in [-0.2, -0.15) is 5.10 Å². The summed E-state index contributed by atoms with van der Waals surface area (Å²) in [6.45, 7) is 9.35. The molecule has 2 aromatic heterocycles. The summed E-state index contributed by atoms with van der Waals surface area (Å²) < 4.78 is 1.93. The molecule has 1 fully saturated rings. The molecule has 0 saturated carbocycles. The Morgan fingerprint density at radius 3 is 2.34 bits per heavy atom. The molecule has 7 heteroatoms. The number of carbonyl (C=O) groups is 1. The Bertz CT molecular complexity index is 1320. The van der Waals surface area contributed by atoms with E-state index in [4.69, 9.17) is 15.1 Å². The van der Waals surface area contributed by atoms with Crippen molar-refractivity contribution in [1.82, 2.24) is 24.6 Å². The molecule has 0 N–H and O–H groups in total. The van der Waals surface area contributed by atoms with Crippen molar-refractivity contribution in [2.24, 2.45) is 5.92 Å². The van der Waals surface area contributed by atoms with E-state index in [9.17, 15) is 4.79 Å². The summed E-state index contributed by atoms with van der Waals surface area (Å²) in [4.78, 5) is 27.4. The Balaban J connectivity index is 1.51. The summed E-state index contributed by atoms with van der Waals surface area (Å²) in [5, 5.41) is 5.86. The third-order valence-corrected chi connectivity index (χ3v) is 6.42. The van der Waals surface area contributed by atoms with Gasteiger partial charge in [0, 0.05) is 38.2 Å². The van der Waals surface area contributed by atoms with Crippen LogP contribution in [0.25, 0.3) is 16.7 Å². The first-order valence-electron chi connectivity index (χ1n) is 12.4. The molecule has 1 aliphatic heterocycles. The minimum absolute atomic E-state index is 0.0915. The number of aryl methyl sites for hydroxylation is 1. The lowest BCUT2D eigenvalue weighted by Gasteiger charge is -2.24. The lowest BCUT2D eigenvalue weighted by molar-refractivity contribution is 0.0767. The van der Waals surface area contributed by atoms with Crippen LogP contribution in [-0.2, 0) is 6.42 Å². The van der Waals surface area contributed by atoms with E-state index in [1.165, 1.54) is 0 Å². The standard InChI is InChI=1S/C28H32N6O/c1-20(2)19-24-29-26(25-21(3)31-34(27(25)30-24)23-13-8-5-9-14-23)32-15-10-16-33(18-17-32)28(35)22-11-6-4-7-12-22/h4-9,11-14,20H,10,15-19H2,1-3H3. The maximum absolute atomic E-state index is 13.1.